The fourth-order valence-corrected chi connectivity index (χ4v) is 1.58. The summed E-state index contributed by atoms with van der Waals surface area (Å²) in [5.41, 5.74) is 1.39. The molecule has 1 aromatic heterocycles. The number of aryl methyl sites for hydroxylation is 1. The van der Waals surface area contributed by atoms with Gasteiger partial charge in [-0.05, 0) is 25.1 Å². The topological polar surface area (TPSA) is 64.7 Å². The summed E-state index contributed by atoms with van der Waals surface area (Å²) in [5.74, 6) is 2.04. The Morgan fingerprint density at radius 3 is 2.78 bits per heavy atom. The van der Waals surface area contributed by atoms with E-state index in [-0.39, 0.29) is 6.61 Å². The van der Waals surface area contributed by atoms with Gasteiger partial charge < -0.3 is 19.1 Å². The van der Waals surface area contributed by atoms with Crippen molar-refractivity contribution in [3.8, 4) is 11.5 Å². The van der Waals surface area contributed by atoms with Gasteiger partial charge in [-0.25, -0.2) is 0 Å². The number of hydrogen-bond acceptors (Lipinski definition) is 5. The Morgan fingerprint density at radius 2 is 2.17 bits per heavy atom. The Balaban J connectivity index is 2.08. The first-order chi connectivity index (χ1) is 8.72. The lowest BCUT2D eigenvalue weighted by molar-refractivity contribution is 0.253. The highest BCUT2D eigenvalue weighted by atomic mass is 16.5. The molecule has 5 nitrogen and oxygen atoms in total. The van der Waals surface area contributed by atoms with E-state index in [0.29, 0.717) is 29.4 Å². The average molecular weight is 249 g/mol. The van der Waals surface area contributed by atoms with Gasteiger partial charge in [0.05, 0.1) is 13.7 Å². The van der Waals surface area contributed by atoms with Gasteiger partial charge in [0.1, 0.15) is 29.6 Å². The molecule has 96 valence electrons. The lowest BCUT2D eigenvalue weighted by Gasteiger charge is -2.10. The highest BCUT2D eigenvalue weighted by Gasteiger charge is 2.07. The smallest absolute Gasteiger partial charge is 0.134 e. The molecule has 1 aromatic carbocycles. The molecule has 0 spiro atoms. The number of benzene rings is 1. The second-order valence-electron chi connectivity index (χ2n) is 3.85. The Bertz CT molecular complexity index is 521. The van der Waals surface area contributed by atoms with Crippen molar-refractivity contribution in [1.82, 2.24) is 5.16 Å². The number of hydrogen-bond donors (Lipinski definition) is 1. The summed E-state index contributed by atoms with van der Waals surface area (Å²) in [5, 5.41) is 13.1. The van der Waals surface area contributed by atoms with Crippen LogP contribution < -0.4 is 9.47 Å². The zero-order valence-electron chi connectivity index (χ0n) is 10.3. The molecule has 0 saturated carbocycles. The van der Waals surface area contributed by atoms with Crippen LogP contribution in [0.3, 0.4) is 0 Å². The van der Waals surface area contributed by atoms with Crippen molar-refractivity contribution >= 4 is 0 Å². The van der Waals surface area contributed by atoms with Crippen LogP contribution in [-0.2, 0) is 13.2 Å². The maximum Gasteiger partial charge on any atom is 0.134 e. The molecule has 0 aliphatic carbocycles. The van der Waals surface area contributed by atoms with E-state index in [1.807, 2.05) is 13.0 Å². The average Bonchev–Trinajstić information content (AvgIpc) is 2.82. The molecule has 0 aliphatic heterocycles. The Kier molecular flexibility index (Phi) is 3.84. The van der Waals surface area contributed by atoms with Gasteiger partial charge in [-0.15, -0.1) is 0 Å². The third-order valence-electron chi connectivity index (χ3n) is 2.49. The van der Waals surface area contributed by atoms with E-state index in [9.17, 15) is 5.11 Å². The molecule has 18 heavy (non-hydrogen) atoms. The van der Waals surface area contributed by atoms with Gasteiger partial charge >= 0.3 is 0 Å². The van der Waals surface area contributed by atoms with Gasteiger partial charge in [-0.1, -0.05) is 5.16 Å². The monoisotopic (exact) mass is 249 g/mol. The molecule has 0 bridgehead atoms. The van der Waals surface area contributed by atoms with Gasteiger partial charge in [0.25, 0.3) is 0 Å². The number of ether oxygens (including phenoxy) is 2. The second-order valence-corrected chi connectivity index (χ2v) is 3.85. The fourth-order valence-electron chi connectivity index (χ4n) is 1.58. The standard InChI is InChI=1S/C13H15NO4/c1-9-5-11(14-18-9)8-17-13-4-3-12(16-2)6-10(13)7-15/h3-6,15H,7-8H2,1-2H3. The largest absolute Gasteiger partial charge is 0.497 e. The van der Waals surface area contributed by atoms with Crippen LogP contribution in [-0.4, -0.2) is 17.4 Å². The lowest BCUT2D eigenvalue weighted by atomic mass is 10.2. The molecule has 0 fully saturated rings. The van der Waals surface area contributed by atoms with Gasteiger partial charge in [0, 0.05) is 11.6 Å². The van der Waals surface area contributed by atoms with Gasteiger partial charge in [-0.2, -0.15) is 0 Å². The van der Waals surface area contributed by atoms with Crippen LogP contribution in [0.4, 0.5) is 0 Å². The highest BCUT2D eigenvalue weighted by Crippen LogP contribution is 2.24. The molecule has 0 radical (unpaired) electrons. The van der Waals surface area contributed by atoms with E-state index in [1.54, 1.807) is 25.3 Å². The molecule has 1 N–H and O–H groups in total. The summed E-state index contributed by atoms with van der Waals surface area (Å²) in [7, 11) is 1.58. The number of aromatic nitrogens is 1. The molecule has 0 saturated heterocycles. The minimum atomic E-state index is -0.107. The summed E-state index contributed by atoms with van der Waals surface area (Å²) < 4.78 is 15.6. The van der Waals surface area contributed by atoms with E-state index in [2.05, 4.69) is 5.16 Å². The van der Waals surface area contributed by atoms with Crippen LogP contribution in [0.15, 0.2) is 28.8 Å². The normalized spacial score (nSPS) is 10.4. The first kappa shape index (κ1) is 12.4. The molecule has 0 unspecified atom stereocenters. The third kappa shape index (κ3) is 2.81. The van der Waals surface area contributed by atoms with Crippen molar-refractivity contribution in [2.75, 3.05) is 7.11 Å². The maximum atomic E-state index is 9.27. The predicted molar refractivity (Wildman–Crippen MR) is 64.5 cm³/mol. The first-order valence-corrected chi connectivity index (χ1v) is 5.55. The Labute approximate surface area is 105 Å². The summed E-state index contributed by atoms with van der Waals surface area (Å²) >= 11 is 0. The molecular weight excluding hydrogens is 234 g/mol. The Morgan fingerprint density at radius 1 is 1.33 bits per heavy atom. The number of aliphatic hydroxyl groups is 1. The van der Waals surface area contributed by atoms with E-state index in [4.69, 9.17) is 14.0 Å². The molecule has 0 aliphatic rings. The van der Waals surface area contributed by atoms with Crippen molar-refractivity contribution in [3.63, 3.8) is 0 Å². The van der Waals surface area contributed by atoms with Gasteiger partial charge in [-0.3, -0.25) is 0 Å². The van der Waals surface area contributed by atoms with Crippen LogP contribution in [0.1, 0.15) is 17.0 Å². The molecule has 2 rings (SSSR count). The van der Waals surface area contributed by atoms with E-state index in [0.717, 1.165) is 5.76 Å². The predicted octanol–water partition coefficient (Wildman–Crippen LogP) is 2.06. The van der Waals surface area contributed by atoms with Crippen LogP contribution in [0, 0.1) is 6.92 Å². The molecule has 1 heterocycles. The zero-order chi connectivity index (χ0) is 13.0. The molecule has 5 heteroatoms. The highest BCUT2D eigenvalue weighted by molar-refractivity contribution is 5.39. The summed E-state index contributed by atoms with van der Waals surface area (Å²) in [4.78, 5) is 0. The molecule has 2 aromatic rings. The van der Waals surface area contributed by atoms with Gasteiger partial charge in [0.2, 0.25) is 0 Å². The van der Waals surface area contributed by atoms with E-state index >= 15 is 0 Å². The quantitative estimate of drug-likeness (QED) is 0.878. The minimum absolute atomic E-state index is 0.107. The van der Waals surface area contributed by atoms with Crippen LogP contribution >= 0.6 is 0 Å². The van der Waals surface area contributed by atoms with E-state index < -0.39 is 0 Å². The van der Waals surface area contributed by atoms with Crippen molar-refractivity contribution in [3.05, 3.63) is 41.3 Å². The van der Waals surface area contributed by atoms with Crippen molar-refractivity contribution in [2.45, 2.75) is 20.1 Å². The number of aliphatic hydroxyl groups excluding tert-OH is 1. The molecule has 0 atom stereocenters. The zero-order valence-corrected chi connectivity index (χ0v) is 10.3. The SMILES string of the molecule is COc1ccc(OCc2cc(C)on2)c(CO)c1. The van der Waals surface area contributed by atoms with Crippen molar-refractivity contribution < 1.29 is 19.1 Å². The number of methoxy groups -OCH3 is 1. The van der Waals surface area contributed by atoms with Crippen molar-refractivity contribution in [2.24, 2.45) is 0 Å². The lowest BCUT2D eigenvalue weighted by Crippen LogP contribution is -1.99. The summed E-state index contributed by atoms with van der Waals surface area (Å²) in [6.45, 7) is 2.02. The van der Waals surface area contributed by atoms with Crippen LogP contribution in [0.2, 0.25) is 0 Å². The minimum Gasteiger partial charge on any atom is -0.497 e. The first-order valence-electron chi connectivity index (χ1n) is 5.55. The summed E-state index contributed by atoms with van der Waals surface area (Å²) in [6, 6.07) is 7.09. The Hall–Kier alpha value is -2.01. The summed E-state index contributed by atoms with van der Waals surface area (Å²) in [6.07, 6.45) is 0. The van der Waals surface area contributed by atoms with Crippen LogP contribution in [0.25, 0.3) is 0 Å². The third-order valence-corrected chi connectivity index (χ3v) is 2.49. The molecular formula is C13H15NO4. The maximum absolute atomic E-state index is 9.27. The second kappa shape index (κ2) is 5.55. The fraction of sp³-hybridized carbons (Fsp3) is 0.308. The van der Waals surface area contributed by atoms with E-state index in [1.165, 1.54) is 0 Å². The van der Waals surface area contributed by atoms with Crippen LogP contribution in [0.5, 0.6) is 11.5 Å². The molecule has 0 amide bonds. The number of rotatable bonds is 5. The van der Waals surface area contributed by atoms with Gasteiger partial charge in [0.15, 0.2) is 0 Å². The van der Waals surface area contributed by atoms with Crippen molar-refractivity contribution in [1.29, 1.82) is 0 Å². The number of nitrogens with zero attached hydrogens (tertiary/aromatic N) is 1.